The predicted octanol–water partition coefficient (Wildman–Crippen LogP) is 3.83. The number of nitriles is 1. The first-order valence-corrected chi connectivity index (χ1v) is 9.71. The summed E-state index contributed by atoms with van der Waals surface area (Å²) in [5, 5.41) is 12.4. The lowest BCUT2D eigenvalue weighted by Crippen LogP contribution is -2.39. The minimum absolute atomic E-state index is 0.0405. The van der Waals surface area contributed by atoms with Gasteiger partial charge in [0.15, 0.2) is 0 Å². The van der Waals surface area contributed by atoms with Gasteiger partial charge in [0.05, 0.1) is 18.0 Å². The Bertz CT molecular complexity index is 797. The van der Waals surface area contributed by atoms with E-state index in [1.807, 2.05) is 0 Å². The largest absolute Gasteiger partial charge is 0.392 e. The number of rotatable bonds is 2. The van der Waals surface area contributed by atoms with Crippen LogP contribution in [-0.2, 0) is 22.6 Å². The molecule has 0 bridgehead atoms. The maximum absolute atomic E-state index is 13.3. The number of nitrogens with one attached hydrogen (secondary N) is 1. The molecule has 2 heterocycles. The molecule has 1 aromatic rings. The Hall–Kier alpha value is -2.08. The molecule has 2 aliphatic rings. The van der Waals surface area contributed by atoms with Crippen LogP contribution >= 0.6 is 11.3 Å². The van der Waals surface area contributed by atoms with E-state index < -0.39 is 23.9 Å². The van der Waals surface area contributed by atoms with Crippen LogP contribution in [0.4, 0.5) is 18.2 Å². The predicted molar refractivity (Wildman–Crippen MR) is 94.0 cm³/mol. The zero-order chi connectivity index (χ0) is 19.8. The molecule has 146 valence electrons. The van der Waals surface area contributed by atoms with E-state index in [0.29, 0.717) is 42.9 Å². The average molecular weight is 399 g/mol. The number of hydrogen-bond donors (Lipinski definition) is 1. The van der Waals surface area contributed by atoms with Crippen molar-refractivity contribution in [2.75, 3.05) is 11.9 Å². The molecule has 0 saturated heterocycles. The molecule has 1 saturated carbocycles. The van der Waals surface area contributed by atoms with Gasteiger partial charge in [0, 0.05) is 24.3 Å². The summed E-state index contributed by atoms with van der Waals surface area (Å²) in [7, 11) is 0. The van der Waals surface area contributed by atoms with Crippen LogP contribution in [0.15, 0.2) is 0 Å². The number of thiophene rings is 1. The monoisotopic (exact) mass is 399 g/mol. The van der Waals surface area contributed by atoms with Gasteiger partial charge in [-0.2, -0.15) is 18.4 Å². The normalized spacial score (nSPS) is 22.7. The van der Waals surface area contributed by atoms with E-state index in [4.69, 9.17) is 0 Å². The molecule has 3 rings (SSSR count). The molecule has 0 radical (unpaired) electrons. The molecule has 27 heavy (non-hydrogen) atoms. The first-order valence-electron chi connectivity index (χ1n) is 8.90. The molecule has 1 aliphatic heterocycles. The summed E-state index contributed by atoms with van der Waals surface area (Å²) in [6.07, 6.45) is -2.70. The molecule has 2 amide bonds. The fraction of sp³-hybridized carbons (Fsp3) is 0.611. The average Bonchev–Trinajstić information content (AvgIpc) is 2.96. The molecule has 0 spiro atoms. The van der Waals surface area contributed by atoms with Gasteiger partial charge in [0.1, 0.15) is 11.1 Å². The number of alkyl halides is 3. The Morgan fingerprint density at radius 3 is 2.63 bits per heavy atom. The minimum atomic E-state index is -4.41. The highest BCUT2D eigenvalue weighted by Gasteiger charge is 2.48. The molecule has 1 aliphatic carbocycles. The number of fused-ring (bicyclic) bond motifs is 1. The molecule has 2 atom stereocenters. The van der Waals surface area contributed by atoms with Crippen LogP contribution in [0, 0.1) is 23.2 Å². The van der Waals surface area contributed by atoms with Crippen molar-refractivity contribution in [3.05, 3.63) is 16.0 Å². The summed E-state index contributed by atoms with van der Waals surface area (Å²) in [5.41, 5.74) is 1.09. The number of carbonyl (C=O) groups excluding carboxylic acids is 2. The van der Waals surface area contributed by atoms with Crippen molar-refractivity contribution >= 4 is 28.2 Å². The third kappa shape index (κ3) is 3.95. The molecule has 9 heteroatoms. The van der Waals surface area contributed by atoms with Crippen LogP contribution in [0.3, 0.4) is 0 Å². The standard InChI is InChI=1S/C18H20F3N3O2S/c1-10(25)24-7-6-11-13(8-22)17(27-15(11)9-24)23-16(26)12-4-2-3-5-14(12)18(19,20)21/h12,14H,2-7,9H2,1H3,(H,23,26)/t12-,14-/m1/s1. The molecule has 1 N–H and O–H groups in total. The van der Waals surface area contributed by atoms with Crippen LogP contribution < -0.4 is 5.32 Å². The minimum Gasteiger partial charge on any atom is -0.337 e. The van der Waals surface area contributed by atoms with Gasteiger partial charge in [-0.15, -0.1) is 11.3 Å². The highest BCUT2D eigenvalue weighted by atomic mass is 32.1. The van der Waals surface area contributed by atoms with Gasteiger partial charge < -0.3 is 10.2 Å². The smallest absolute Gasteiger partial charge is 0.337 e. The third-order valence-corrected chi connectivity index (χ3v) is 6.51. The summed E-state index contributed by atoms with van der Waals surface area (Å²) in [4.78, 5) is 26.6. The molecule has 0 aromatic carbocycles. The van der Waals surface area contributed by atoms with Crippen molar-refractivity contribution in [1.29, 1.82) is 5.26 Å². The number of nitrogens with zero attached hydrogens (tertiary/aromatic N) is 2. The van der Waals surface area contributed by atoms with E-state index in [9.17, 15) is 28.0 Å². The van der Waals surface area contributed by atoms with E-state index in [-0.39, 0.29) is 18.7 Å². The van der Waals surface area contributed by atoms with Crippen molar-refractivity contribution in [2.24, 2.45) is 11.8 Å². The summed E-state index contributed by atoms with van der Waals surface area (Å²) < 4.78 is 39.8. The summed E-state index contributed by atoms with van der Waals surface area (Å²) in [5.74, 6) is -3.51. The first-order chi connectivity index (χ1) is 12.7. The van der Waals surface area contributed by atoms with Crippen molar-refractivity contribution in [2.45, 2.75) is 51.7 Å². The van der Waals surface area contributed by atoms with E-state index in [0.717, 1.165) is 10.4 Å². The Morgan fingerprint density at radius 2 is 2.00 bits per heavy atom. The van der Waals surface area contributed by atoms with Crippen LogP contribution in [0.2, 0.25) is 0 Å². The van der Waals surface area contributed by atoms with Gasteiger partial charge in [-0.25, -0.2) is 0 Å². The van der Waals surface area contributed by atoms with Crippen molar-refractivity contribution in [3.63, 3.8) is 0 Å². The maximum Gasteiger partial charge on any atom is 0.392 e. The van der Waals surface area contributed by atoms with E-state index in [2.05, 4.69) is 11.4 Å². The highest BCUT2D eigenvalue weighted by Crippen LogP contribution is 2.43. The molecule has 1 aromatic heterocycles. The van der Waals surface area contributed by atoms with Crippen molar-refractivity contribution < 1.29 is 22.8 Å². The van der Waals surface area contributed by atoms with Gasteiger partial charge in [0.2, 0.25) is 11.8 Å². The quantitative estimate of drug-likeness (QED) is 0.821. The van der Waals surface area contributed by atoms with Gasteiger partial charge in [-0.1, -0.05) is 12.8 Å². The van der Waals surface area contributed by atoms with Crippen molar-refractivity contribution in [3.8, 4) is 6.07 Å². The zero-order valence-corrected chi connectivity index (χ0v) is 15.7. The van der Waals surface area contributed by atoms with Gasteiger partial charge in [-0.05, 0) is 24.8 Å². The van der Waals surface area contributed by atoms with Crippen molar-refractivity contribution in [1.82, 2.24) is 4.90 Å². The fourth-order valence-electron chi connectivity index (χ4n) is 3.92. The first kappa shape index (κ1) is 19.7. The fourth-order valence-corrected chi connectivity index (χ4v) is 5.14. The van der Waals surface area contributed by atoms with Gasteiger partial charge in [-0.3, -0.25) is 9.59 Å². The lowest BCUT2D eigenvalue weighted by molar-refractivity contribution is -0.197. The van der Waals surface area contributed by atoms with Crippen LogP contribution in [-0.4, -0.2) is 29.4 Å². The summed E-state index contributed by atoms with van der Waals surface area (Å²) >= 11 is 1.18. The van der Waals surface area contributed by atoms with Gasteiger partial charge in [0.25, 0.3) is 0 Å². The molecular formula is C18H20F3N3O2S. The molecule has 1 fully saturated rings. The van der Waals surface area contributed by atoms with E-state index in [1.165, 1.54) is 18.3 Å². The zero-order valence-electron chi connectivity index (χ0n) is 14.9. The van der Waals surface area contributed by atoms with E-state index >= 15 is 0 Å². The van der Waals surface area contributed by atoms with Crippen LogP contribution in [0.1, 0.15) is 48.6 Å². The van der Waals surface area contributed by atoms with Gasteiger partial charge >= 0.3 is 6.18 Å². The Balaban J connectivity index is 1.82. The molecular weight excluding hydrogens is 379 g/mol. The van der Waals surface area contributed by atoms with Crippen LogP contribution in [0.5, 0.6) is 0 Å². The Morgan fingerprint density at radius 1 is 1.30 bits per heavy atom. The number of anilines is 1. The number of carbonyl (C=O) groups is 2. The summed E-state index contributed by atoms with van der Waals surface area (Å²) in [6, 6.07) is 2.07. The Kier molecular flexibility index (Phi) is 5.47. The maximum atomic E-state index is 13.3. The summed E-state index contributed by atoms with van der Waals surface area (Å²) in [6.45, 7) is 2.31. The second kappa shape index (κ2) is 7.50. The van der Waals surface area contributed by atoms with Crippen LogP contribution in [0.25, 0.3) is 0 Å². The Labute approximate surface area is 159 Å². The lowest BCUT2D eigenvalue weighted by Gasteiger charge is -2.31. The SMILES string of the molecule is CC(=O)N1CCc2c(sc(NC(=O)[C@@H]3CCCC[C@H]3C(F)(F)F)c2C#N)C1. The number of amides is 2. The molecule has 0 unspecified atom stereocenters. The number of hydrogen-bond acceptors (Lipinski definition) is 4. The highest BCUT2D eigenvalue weighted by molar-refractivity contribution is 7.16. The lowest BCUT2D eigenvalue weighted by atomic mass is 9.78. The number of halogens is 3. The second-order valence-electron chi connectivity index (χ2n) is 7.04. The second-order valence-corrected chi connectivity index (χ2v) is 8.14. The van der Waals surface area contributed by atoms with E-state index in [1.54, 1.807) is 4.90 Å². The molecule has 5 nitrogen and oxygen atoms in total. The third-order valence-electron chi connectivity index (χ3n) is 5.37. The topological polar surface area (TPSA) is 73.2 Å².